The second-order valence-electron chi connectivity index (χ2n) is 4.92. The Bertz CT molecular complexity index is 669. The van der Waals surface area contributed by atoms with Crippen molar-refractivity contribution in [3.8, 4) is 10.6 Å². The predicted octanol–water partition coefficient (Wildman–Crippen LogP) is 3.59. The van der Waals surface area contributed by atoms with Gasteiger partial charge in [0.1, 0.15) is 9.88 Å². The minimum Gasteiger partial charge on any atom is -0.476 e. The summed E-state index contributed by atoms with van der Waals surface area (Å²) in [6, 6.07) is 7.90. The fourth-order valence-corrected chi connectivity index (χ4v) is 3.26. The molecule has 0 unspecified atom stereocenters. The van der Waals surface area contributed by atoms with Gasteiger partial charge < -0.3 is 5.11 Å². The van der Waals surface area contributed by atoms with E-state index in [2.05, 4.69) is 11.1 Å². The van der Waals surface area contributed by atoms with Crippen molar-refractivity contribution in [3.05, 3.63) is 40.4 Å². The van der Waals surface area contributed by atoms with E-state index < -0.39 is 5.97 Å². The number of hydrogen-bond donors (Lipinski definition) is 1. The number of benzene rings is 1. The number of carboxylic acid groups (broad SMARTS) is 1. The maximum Gasteiger partial charge on any atom is 0.356 e. The molecule has 2 aromatic rings. The van der Waals surface area contributed by atoms with Gasteiger partial charge in [-0.05, 0) is 24.3 Å². The molecule has 0 amide bonds. The third kappa shape index (κ3) is 2.25. The largest absolute Gasteiger partial charge is 0.476 e. The van der Waals surface area contributed by atoms with Crippen LogP contribution in [0, 0.1) is 0 Å². The highest BCUT2D eigenvalue weighted by Gasteiger charge is 2.28. The highest BCUT2D eigenvalue weighted by atomic mass is 32.1. The molecule has 0 radical (unpaired) electrons. The van der Waals surface area contributed by atoms with Gasteiger partial charge >= 0.3 is 5.97 Å². The summed E-state index contributed by atoms with van der Waals surface area (Å²) >= 11 is 1.17. The van der Waals surface area contributed by atoms with Crippen LogP contribution in [0.4, 0.5) is 0 Å². The lowest BCUT2D eigenvalue weighted by atomic mass is 10.0. The molecule has 1 N–H and O–H groups in total. The molecule has 5 heteroatoms. The Kier molecular flexibility index (Phi) is 3.14. The van der Waals surface area contributed by atoms with Crippen LogP contribution in [0.3, 0.4) is 0 Å². The van der Waals surface area contributed by atoms with Gasteiger partial charge in [0, 0.05) is 12.5 Å². The van der Waals surface area contributed by atoms with Crippen molar-refractivity contribution in [2.75, 3.05) is 0 Å². The number of carbonyl (C=O) groups is 2. The van der Waals surface area contributed by atoms with Crippen LogP contribution < -0.4 is 0 Å². The van der Waals surface area contributed by atoms with Crippen LogP contribution in [-0.2, 0) is 0 Å². The van der Waals surface area contributed by atoms with Gasteiger partial charge in [0.05, 0.1) is 0 Å². The Labute approximate surface area is 120 Å². The summed E-state index contributed by atoms with van der Waals surface area (Å²) in [4.78, 5) is 27.1. The summed E-state index contributed by atoms with van der Waals surface area (Å²) < 4.78 is 0. The van der Waals surface area contributed by atoms with Gasteiger partial charge in [-0.25, -0.2) is 9.78 Å². The Morgan fingerprint density at radius 3 is 2.55 bits per heavy atom. The maximum absolute atomic E-state index is 11.6. The minimum absolute atomic E-state index is 0.136. The van der Waals surface area contributed by atoms with E-state index in [0.717, 1.165) is 18.4 Å². The number of ketones is 1. The van der Waals surface area contributed by atoms with Crippen LogP contribution >= 0.6 is 11.3 Å². The van der Waals surface area contributed by atoms with Gasteiger partial charge in [-0.1, -0.05) is 24.3 Å². The number of Topliss-reactive ketones (excluding diaryl/α,β-unsaturated/α-hetero) is 1. The molecule has 102 valence electrons. The Morgan fingerprint density at radius 2 is 2.00 bits per heavy atom. The molecule has 1 aromatic carbocycles. The van der Waals surface area contributed by atoms with Gasteiger partial charge in [-0.3, -0.25) is 4.79 Å². The lowest BCUT2D eigenvalue weighted by Crippen LogP contribution is -2.03. The van der Waals surface area contributed by atoms with E-state index in [1.165, 1.54) is 23.8 Å². The normalized spacial score (nSPS) is 14.2. The highest BCUT2D eigenvalue weighted by molar-refractivity contribution is 7.17. The van der Waals surface area contributed by atoms with Crippen molar-refractivity contribution >= 4 is 23.1 Å². The number of carbonyl (C=O) groups excluding carboxylic acids is 1. The Hall–Kier alpha value is -2.01. The van der Waals surface area contributed by atoms with Crippen molar-refractivity contribution in [3.63, 3.8) is 0 Å². The second kappa shape index (κ2) is 4.83. The molecular weight excluding hydrogens is 274 g/mol. The summed E-state index contributed by atoms with van der Waals surface area (Å²) in [5.41, 5.74) is 2.02. The third-order valence-corrected chi connectivity index (χ3v) is 4.55. The van der Waals surface area contributed by atoms with Gasteiger partial charge in [0.25, 0.3) is 0 Å². The number of thiazole rings is 1. The molecule has 20 heavy (non-hydrogen) atoms. The molecule has 3 rings (SSSR count). The first kappa shape index (κ1) is 13.0. The number of nitrogens with zero attached hydrogens (tertiary/aromatic N) is 1. The van der Waals surface area contributed by atoms with E-state index in [9.17, 15) is 9.59 Å². The predicted molar refractivity (Wildman–Crippen MR) is 76.5 cm³/mol. The first-order chi connectivity index (χ1) is 9.58. The molecule has 0 atom stereocenters. The summed E-state index contributed by atoms with van der Waals surface area (Å²) in [7, 11) is 0. The molecule has 0 saturated heterocycles. The number of aromatic nitrogens is 1. The molecule has 1 heterocycles. The number of rotatable bonds is 4. The van der Waals surface area contributed by atoms with Crippen molar-refractivity contribution in [2.24, 2.45) is 0 Å². The first-order valence-electron chi connectivity index (χ1n) is 6.42. The van der Waals surface area contributed by atoms with E-state index in [0.29, 0.717) is 10.9 Å². The molecule has 0 spiro atoms. The van der Waals surface area contributed by atoms with Crippen LogP contribution in [-0.4, -0.2) is 21.8 Å². The van der Waals surface area contributed by atoms with Crippen molar-refractivity contribution in [2.45, 2.75) is 25.7 Å². The number of carboxylic acids is 1. The van der Waals surface area contributed by atoms with Gasteiger partial charge in [0.2, 0.25) is 0 Å². The topological polar surface area (TPSA) is 67.3 Å². The molecule has 1 aliphatic rings. The summed E-state index contributed by atoms with van der Waals surface area (Å²) in [5, 5.41) is 9.78. The van der Waals surface area contributed by atoms with Gasteiger partial charge in [0.15, 0.2) is 11.5 Å². The Balaban J connectivity index is 2.13. The van der Waals surface area contributed by atoms with Crippen molar-refractivity contribution in [1.82, 2.24) is 4.98 Å². The zero-order valence-electron chi connectivity index (χ0n) is 10.9. The van der Waals surface area contributed by atoms with Crippen LogP contribution in [0.25, 0.3) is 10.6 Å². The molecule has 0 bridgehead atoms. The lowest BCUT2D eigenvalue weighted by molar-refractivity contribution is 0.0687. The zero-order chi connectivity index (χ0) is 14.3. The van der Waals surface area contributed by atoms with Crippen LogP contribution in [0.5, 0.6) is 0 Å². The van der Waals surface area contributed by atoms with Crippen LogP contribution in [0.1, 0.15) is 51.4 Å². The van der Waals surface area contributed by atoms with Gasteiger partial charge in [-0.15, -0.1) is 11.3 Å². The smallest absolute Gasteiger partial charge is 0.356 e. The van der Waals surface area contributed by atoms with E-state index >= 15 is 0 Å². The standard InChI is InChI=1S/C15H13NO3S/c1-8(17)13-12(15(18)19)16-14(20-13)11-5-3-2-4-10(11)9-6-7-9/h2-5,9H,6-7H2,1H3,(H,18,19). The summed E-state index contributed by atoms with van der Waals surface area (Å²) in [6.45, 7) is 1.37. The fourth-order valence-electron chi connectivity index (χ4n) is 2.26. The summed E-state index contributed by atoms with van der Waals surface area (Å²) in [6.07, 6.45) is 2.32. The van der Waals surface area contributed by atoms with E-state index in [4.69, 9.17) is 5.11 Å². The third-order valence-electron chi connectivity index (χ3n) is 3.36. The average molecular weight is 287 g/mol. The summed E-state index contributed by atoms with van der Waals surface area (Å²) in [5.74, 6) is -0.860. The Morgan fingerprint density at radius 1 is 1.30 bits per heavy atom. The molecule has 1 fully saturated rings. The van der Waals surface area contributed by atoms with Gasteiger partial charge in [-0.2, -0.15) is 0 Å². The molecule has 0 aliphatic heterocycles. The zero-order valence-corrected chi connectivity index (χ0v) is 11.7. The molecule has 4 nitrogen and oxygen atoms in total. The van der Waals surface area contributed by atoms with E-state index in [1.54, 1.807) is 0 Å². The second-order valence-corrected chi connectivity index (χ2v) is 5.92. The fraction of sp³-hybridized carbons (Fsp3) is 0.267. The highest BCUT2D eigenvalue weighted by Crippen LogP contribution is 2.45. The van der Waals surface area contributed by atoms with Crippen LogP contribution in [0.2, 0.25) is 0 Å². The average Bonchev–Trinajstić information content (AvgIpc) is 3.16. The molecular formula is C15H13NO3S. The van der Waals surface area contributed by atoms with Crippen molar-refractivity contribution < 1.29 is 14.7 Å². The molecule has 1 aromatic heterocycles. The molecule has 1 saturated carbocycles. The lowest BCUT2D eigenvalue weighted by Gasteiger charge is -2.04. The molecule has 1 aliphatic carbocycles. The van der Waals surface area contributed by atoms with Crippen LogP contribution in [0.15, 0.2) is 24.3 Å². The monoisotopic (exact) mass is 287 g/mol. The maximum atomic E-state index is 11.6. The van der Waals surface area contributed by atoms with Crippen molar-refractivity contribution in [1.29, 1.82) is 0 Å². The van der Waals surface area contributed by atoms with E-state index in [-0.39, 0.29) is 16.4 Å². The SMILES string of the molecule is CC(=O)c1sc(-c2ccccc2C2CC2)nc1C(=O)O. The first-order valence-corrected chi connectivity index (χ1v) is 7.24. The number of aromatic carboxylic acids is 1. The minimum atomic E-state index is -1.15. The quantitative estimate of drug-likeness (QED) is 0.873. The number of hydrogen-bond acceptors (Lipinski definition) is 4. The van der Waals surface area contributed by atoms with E-state index in [1.807, 2.05) is 18.2 Å².